The van der Waals surface area contributed by atoms with Crippen LogP contribution in [0.5, 0.6) is 5.75 Å². The number of nitrogens with zero attached hydrogens (tertiary/aromatic N) is 5. The van der Waals surface area contributed by atoms with E-state index < -0.39 is 23.8 Å². The standard InChI is InChI=1S/C34H34FN7O5S2/c1-20-18-25(40-41-31(20)39-34-37-24-9-4-5-10-27(24)48-34)23(13-15-29(43)44)36-33-38-30(32(45)46)28(49-33)11-7-17-47-26-14-12-21(19-22(26)35)8-6-16-42(2)3/h4-5,9-10,12,14,18-19,23H,7,11,13,15-17H2,1-3H3,(H,36,38)(H,43,44)(H,45,46)(H,37,39,41). The highest BCUT2D eigenvalue weighted by molar-refractivity contribution is 7.22. The van der Waals surface area contributed by atoms with Gasteiger partial charge < -0.3 is 25.6 Å². The summed E-state index contributed by atoms with van der Waals surface area (Å²) in [7, 11) is 3.80. The maximum atomic E-state index is 14.6. The second-order valence-electron chi connectivity index (χ2n) is 11.3. The first-order chi connectivity index (χ1) is 23.5. The van der Waals surface area contributed by atoms with Crippen molar-refractivity contribution in [3.05, 3.63) is 81.7 Å². The number of aryl methyl sites for hydroxylation is 2. The molecule has 0 aliphatic carbocycles. The highest BCUT2D eigenvalue weighted by Gasteiger charge is 2.22. The number of carboxylic acid groups (broad SMARTS) is 2. The fraction of sp³-hybridized carbons (Fsp3) is 0.294. The summed E-state index contributed by atoms with van der Waals surface area (Å²) in [4.78, 5) is 34.8. The maximum Gasteiger partial charge on any atom is 0.355 e. The summed E-state index contributed by atoms with van der Waals surface area (Å²) in [6, 6.07) is 13.5. The fourth-order valence-corrected chi connectivity index (χ4v) is 6.61. The minimum atomic E-state index is -1.19. The quantitative estimate of drug-likeness (QED) is 0.0705. The third-order valence-corrected chi connectivity index (χ3v) is 9.09. The second kappa shape index (κ2) is 16.3. The van der Waals surface area contributed by atoms with Crippen LogP contribution in [0, 0.1) is 24.6 Å². The number of ether oxygens (including phenoxy) is 1. The molecule has 0 saturated heterocycles. The Kier molecular flexibility index (Phi) is 11.7. The van der Waals surface area contributed by atoms with E-state index in [1.165, 1.54) is 23.5 Å². The Morgan fingerprint density at radius 2 is 1.88 bits per heavy atom. The van der Waals surface area contributed by atoms with Gasteiger partial charge in [0, 0.05) is 16.9 Å². The van der Waals surface area contributed by atoms with Gasteiger partial charge in [-0.1, -0.05) is 35.3 Å². The lowest BCUT2D eigenvalue weighted by Crippen LogP contribution is -2.16. The Bertz CT molecular complexity index is 1990. The summed E-state index contributed by atoms with van der Waals surface area (Å²) in [5.74, 6) is 3.76. The van der Waals surface area contributed by atoms with Crippen molar-refractivity contribution >= 4 is 60.9 Å². The largest absolute Gasteiger partial charge is 0.491 e. The first kappa shape index (κ1) is 35.1. The van der Waals surface area contributed by atoms with E-state index in [-0.39, 0.29) is 30.9 Å². The Morgan fingerprint density at radius 1 is 1.06 bits per heavy atom. The molecule has 254 valence electrons. The molecule has 1 unspecified atom stereocenters. The number of anilines is 3. The fourth-order valence-electron chi connectivity index (χ4n) is 4.70. The van der Waals surface area contributed by atoms with Crippen molar-refractivity contribution in [2.24, 2.45) is 0 Å². The van der Waals surface area contributed by atoms with E-state index in [2.05, 4.69) is 42.6 Å². The Balaban J connectivity index is 1.24. The molecular weight excluding hydrogens is 670 g/mol. The molecule has 5 rings (SSSR count). The molecule has 0 spiro atoms. The van der Waals surface area contributed by atoms with Crippen LogP contribution in [0.2, 0.25) is 0 Å². The van der Waals surface area contributed by atoms with Crippen LogP contribution in [0.15, 0.2) is 48.5 Å². The van der Waals surface area contributed by atoms with Gasteiger partial charge in [-0.05, 0) is 82.2 Å². The molecule has 0 bridgehead atoms. The third kappa shape index (κ3) is 9.69. The van der Waals surface area contributed by atoms with E-state index >= 15 is 0 Å². The molecule has 1 atom stereocenters. The summed E-state index contributed by atoms with van der Waals surface area (Å²) in [6.45, 7) is 2.56. The number of nitrogens with one attached hydrogen (secondary N) is 2. The van der Waals surface area contributed by atoms with Crippen molar-refractivity contribution in [3.63, 3.8) is 0 Å². The highest BCUT2D eigenvalue weighted by atomic mass is 32.1. The van der Waals surface area contributed by atoms with Gasteiger partial charge in [-0.3, -0.25) is 9.69 Å². The van der Waals surface area contributed by atoms with E-state index in [1.54, 1.807) is 12.1 Å². The van der Waals surface area contributed by atoms with E-state index in [0.717, 1.165) is 27.1 Å². The van der Waals surface area contributed by atoms with Gasteiger partial charge >= 0.3 is 11.9 Å². The van der Waals surface area contributed by atoms with Crippen LogP contribution in [-0.2, 0) is 11.2 Å². The van der Waals surface area contributed by atoms with Crippen LogP contribution in [0.3, 0.4) is 0 Å². The van der Waals surface area contributed by atoms with Gasteiger partial charge in [0.25, 0.3) is 0 Å². The minimum Gasteiger partial charge on any atom is -0.491 e. The molecule has 0 fully saturated rings. The zero-order valence-corrected chi connectivity index (χ0v) is 28.6. The smallest absolute Gasteiger partial charge is 0.355 e. The van der Waals surface area contributed by atoms with Gasteiger partial charge in [0.1, 0.15) is 0 Å². The molecule has 4 N–H and O–H groups in total. The third-order valence-electron chi connectivity index (χ3n) is 7.09. The normalized spacial score (nSPS) is 11.6. The average Bonchev–Trinajstić information content (AvgIpc) is 3.66. The summed E-state index contributed by atoms with van der Waals surface area (Å²) < 4.78 is 21.2. The van der Waals surface area contributed by atoms with E-state index in [0.29, 0.717) is 51.6 Å². The van der Waals surface area contributed by atoms with E-state index in [4.69, 9.17) is 4.74 Å². The molecule has 3 aromatic heterocycles. The van der Waals surface area contributed by atoms with Crippen molar-refractivity contribution in [1.29, 1.82) is 0 Å². The summed E-state index contributed by atoms with van der Waals surface area (Å²) >= 11 is 2.64. The van der Waals surface area contributed by atoms with Crippen molar-refractivity contribution in [2.45, 2.75) is 38.6 Å². The molecule has 0 saturated carbocycles. The number of carboxylic acids is 2. The number of rotatable bonds is 15. The number of thiazole rings is 2. The molecule has 0 aliphatic heterocycles. The van der Waals surface area contributed by atoms with Crippen LogP contribution < -0.4 is 15.4 Å². The van der Waals surface area contributed by atoms with Gasteiger partial charge in [-0.15, -0.1) is 16.4 Å². The monoisotopic (exact) mass is 703 g/mol. The molecule has 0 aliphatic rings. The first-order valence-corrected chi connectivity index (χ1v) is 16.9. The van der Waals surface area contributed by atoms with Crippen LogP contribution >= 0.6 is 22.7 Å². The van der Waals surface area contributed by atoms with Gasteiger partial charge in [0.2, 0.25) is 0 Å². The molecular formula is C34H34FN7O5S2. The number of aliphatic carboxylic acids is 1. The van der Waals surface area contributed by atoms with Crippen molar-refractivity contribution in [2.75, 3.05) is 37.9 Å². The van der Waals surface area contributed by atoms with Gasteiger partial charge in [0.05, 0.1) is 35.1 Å². The van der Waals surface area contributed by atoms with Crippen LogP contribution in [0.1, 0.15) is 57.5 Å². The molecule has 0 radical (unpaired) electrons. The number of fused-ring (bicyclic) bond motifs is 1. The number of carbonyl (C=O) groups is 2. The number of benzene rings is 2. The van der Waals surface area contributed by atoms with E-state index in [9.17, 15) is 24.2 Å². The Morgan fingerprint density at radius 3 is 2.59 bits per heavy atom. The topological polar surface area (TPSA) is 163 Å². The minimum absolute atomic E-state index is 0.0854. The maximum absolute atomic E-state index is 14.6. The average molecular weight is 704 g/mol. The Hall–Kier alpha value is -5.17. The molecule has 49 heavy (non-hydrogen) atoms. The van der Waals surface area contributed by atoms with Crippen molar-refractivity contribution < 1.29 is 28.9 Å². The SMILES string of the molecule is Cc1cc(C(CCC(=O)O)Nc2nc(C(=O)O)c(CCCOc3ccc(C#CCN(C)C)cc3F)s2)nnc1Nc1nc2ccccc2s1. The predicted molar refractivity (Wildman–Crippen MR) is 188 cm³/mol. The second-order valence-corrected chi connectivity index (χ2v) is 13.4. The Labute approximate surface area is 290 Å². The zero-order chi connectivity index (χ0) is 34.9. The lowest BCUT2D eigenvalue weighted by Gasteiger charge is -2.17. The number of hydrogen-bond donors (Lipinski definition) is 4. The van der Waals surface area contributed by atoms with Gasteiger partial charge in [-0.2, -0.15) is 5.10 Å². The van der Waals surface area contributed by atoms with Crippen LogP contribution in [0.25, 0.3) is 10.2 Å². The number of halogens is 1. The summed E-state index contributed by atoms with van der Waals surface area (Å²) in [6.07, 6.45) is 0.722. The molecule has 2 aromatic carbocycles. The van der Waals surface area contributed by atoms with E-state index in [1.807, 2.05) is 50.2 Å². The van der Waals surface area contributed by atoms with Crippen LogP contribution in [-0.4, -0.2) is 74.5 Å². The predicted octanol–water partition coefficient (Wildman–Crippen LogP) is 6.37. The molecule has 15 heteroatoms. The number of hydrogen-bond acceptors (Lipinski definition) is 12. The first-order valence-electron chi connectivity index (χ1n) is 15.3. The molecule has 0 amide bonds. The summed E-state index contributed by atoms with van der Waals surface area (Å²) in [5, 5.41) is 35.3. The summed E-state index contributed by atoms with van der Waals surface area (Å²) in [5.41, 5.74) is 2.54. The van der Waals surface area contributed by atoms with Gasteiger partial charge in [0.15, 0.2) is 33.3 Å². The molecule has 5 aromatic rings. The van der Waals surface area contributed by atoms with Gasteiger partial charge in [-0.25, -0.2) is 19.2 Å². The number of aromatic carboxylic acids is 1. The van der Waals surface area contributed by atoms with Crippen molar-refractivity contribution in [1.82, 2.24) is 25.1 Å². The number of aromatic nitrogens is 4. The highest BCUT2D eigenvalue weighted by Crippen LogP contribution is 2.32. The molecule has 3 heterocycles. The lowest BCUT2D eigenvalue weighted by molar-refractivity contribution is -0.137. The van der Waals surface area contributed by atoms with Crippen LogP contribution in [0.4, 0.5) is 20.5 Å². The number of para-hydroxylation sites is 1. The lowest BCUT2D eigenvalue weighted by atomic mass is 10.1. The molecule has 12 nitrogen and oxygen atoms in total. The zero-order valence-electron chi connectivity index (χ0n) is 27.0. The van der Waals surface area contributed by atoms with Crippen molar-refractivity contribution in [3.8, 4) is 17.6 Å².